The van der Waals surface area contributed by atoms with Crippen molar-refractivity contribution in [2.45, 2.75) is 23.8 Å². The van der Waals surface area contributed by atoms with Crippen LogP contribution >= 0.6 is 15.9 Å². The average molecular weight is 483 g/mol. The summed E-state index contributed by atoms with van der Waals surface area (Å²) in [5, 5.41) is 2.92. The van der Waals surface area contributed by atoms with E-state index in [0.717, 1.165) is 15.6 Å². The highest BCUT2D eigenvalue weighted by Gasteiger charge is 2.28. The molecule has 3 aromatic carbocycles. The van der Waals surface area contributed by atoms with Gasteiger partial charge in [0, 0.05) is 15.7 Å². The Labute approximate surface area is 183 Å². The standard InChI is InChI=1S/C23H19BrN2O3S/c1-15-3-7-17(8-4-15)21-26-23(30(27,28)20-13-9-18(24)10-14-20)22(29-21)25-19-11-5-16(2)6-12-19/h3-14,25H,1-2H3. The molecular formula is C23H19BrN2O3S. The number of aromatic nitrogens is 1. The van der Waals surface area contributed by atoms with Crippen molar-refractivity contribution in [1.82, 2.24) is 4.98 Å². The highest BCUT2D eigenvalue weighted by atomic mass is 79.9. The van der Waals surface area contributed by atoms with Crippen molar-refractivity contribution in [2.24, 2.45) is 0 Å². The highest BCUT2D eigenvalue weighted by Crippen LogP contribution is 2.34. The van der Waals surface area contributed by atoms with Crippen LogP contribution in [0.1, 0.15) is 11.1 Å². The van der Waals surface area contributed by atoms with Gasteiger partial charge >= 0.3 is 0 Å². The molecule has 0 radical (unpaired) electrons. The van der Waals surface area contributed by atoms with Crippen LogP contribution in [0.2, 0.25) is 0 Å². The zero-order valence-corrected chi connectivity index (χ0v) is 18.8. The lowest BCUT2D eigenvalue weighted by molar-refractivity contribution is 0.582. The number of oxazole rings is 1. The van der Waals surface area contributed by atoms with E-state index >= 15 is 0 Å². The predicted molar refractivity (Wildman–Crippen MR) is 121 cm³/mol. The van der Waals surface area contributed by atoms with Crippen molar-refractivity contribution in [2.75, 3.05) is 5.32 Å². The van der Waals surface area contributed by atoms with Crippen LogP contribution in [0.25, 0.3) is 11.5 Å². The third-order valence-electron chi connectivity index (χ3n) is 4.58. The second-order valence-electron chi connectivity index (χ2n) is 6.97. The Kier molecular flexibility index (Phi) is 5.49. The molecule has 1 heterocycles. The Morgan fingerprint density at radius 2 is 1.40 bits per heavy atom. The maximum atomic E-state index is 13.3. The van der Waals surface area contributed by atoms with Crippen LogP contribution in [-0.2, 0) is 9.84 Å². The Morgan fingerprint density at radius 3 is 2.00 bits per heavy atom. The van der Waals surface area contributed by atoms with E-state index < -0.39 is 9.84 Å². The third kappa shape index (κ3) is 4.17. The summed E-state index contributed by atoms with van der Waals surface area (Å²) in [6.45, 7) is 3.96. The fourth-order valence-electron chi connectivity index (χ4n) is 2.88. The lowest BCUT2D eigenvalue weighted by Crippen LogP contribution is -2.05. The largest absolute Gasteiger partial charge is 0.419 e. The third-order valence-corrected chi connectivity index (χ3v) is 6.79. The van der Waals surface area contributed by atoms with Gasteiger partial charge in [-0.1, -0.05) is 51.3 Å². The van der Waals surface area contributed by atoms with Crippen LogP contribution in [0.15, 0.2) is 91.6 Å². The summed E-state index contributed by atoms with van der Waals surface area (Å²) >= 11 is 3.33. The highest BCUT2D eigenvalue weighted by molar-refractivity contribution is 9.10. The smallest absolute Gasteiger partial charge is 0.238 e. The van der Waals surface area contributed by atoms with Crippen molar-refractivity contribution in [1.29, 1.82) is 0 Å². The Morgan fingerprint density at radius 1 is 0.833 bits per heavy atom. The molecule has 0 unspecified atom stereocenters. The van der Waals surface area contributed by atoms with Crippen molar-refractivity contribution >= 4 is 37.3 Å². The number of rotatable bonds is 5. The van der Waals surface area contributed by atoms with Crippen molar-refractivity contribution in [3.63, 3.8) is 0 Å². The number of nitrogens with one attached hydrogen (secondary N) is 1. The van der Waals surface area contributed by atoms with Crippen molar-refractivity contribution in [3.05, 3.63) is 88.4 Å². The van der Waals surface area contributed by atoms with E-state index in [1.807, 2.05) is 62.4 Å². The normalized spacial score (nSPS) is 11.4. The second kappa shape index (κ2) is 8.08. The number of hydrogen-bond acceptors (Lipinski definition) is 5. The number of benzene rings is 3. The van der Waals surface area contributed by atoms with Crippen LogP contribution < -0.4 is 5.32 Å². The number of anilines is 2. The maximum absolute atomic E-state index is 13.3. The van der Waals surface area contributed by atoms with Gasteiger partial charge < -0.3 is 9.73 Å². The quantitative estimate of drug-likeness (QED) is 0.361. The summed E-state index contributed by atoms with van der Waals surface area (Å²) in [4.78, 5) is 4.51. The molecule has 0 aliphatic heterocycles. The fourth-order valence-corrected chi connectivity index (χ4v) is 4.40. The van der Waals surface area contributed by atoms with Crippen LogP contribution in [0.4, 0.5) is 11.6 Å². The second-order valence-corrected chi connectivity index (χ2v) is 9.75. The number of hydrogen-bond donors (Lipinski definition) is 1. The van der Waals surface area contributed by atoms with Gasteiger partial charge in [0.15, 0.2) is 0 Å². The molecule has 7 heteroatoms. The van der Waals surface area contributed by atoms with Crippen LogP contribution in [0, 0.1) is 13.8 Å². The molecule has 152 valence electrons. The molecule has 0 spiro atoms. The molecular weight excluding hydrogens is 464 g/mol. The number of nitrogens with zero attached hydrogens (tertiary/aromatic N) is 1. The minimum atomic E-state index is -3.90. The van der Waals surface area contributed by atoms with Gasteiger partial charge in [-0.15, -0.1) is 0 Å². The minimum absolute atomic E-state index is 0.0809. The van der Waals surface area contributed by atoms with E-state index in [0.29, 0.717) is 11.3 Å². The monoisotopic (exact) mass is 482 g/mol. The van der Waals surface area contributed by atoms with Crippen LogP contribution in [0.5, 0.6) is 0 Å². The molecule has 0 aliphatic rings. The van der Waals surface area contributed by atoms with Gasteiger partial charge in [-0.3, -0.25) is 0 Å². The fraction of sp³-hybridized carbons (Fsp3) is 0.0870. The number of sulfone groups is 1. The van der Waals surface area contributed by atoms with E-state index in [9.17, 15) is 8.42 Å². The summed E-state index contributed by atoms with van der Waals surface area (Å²) < 4.78 is 33.3. The number of aryl methyl sites for hydroxylation is 2. The SMILES string of the molecule is Cc1ccc(Nc2oc(-c3ccc(C)cc3)nc2S(=O)(=O)c2ccc(Br)cc2)cc1. The van der Waals surface area contributed by atoms with Gasteiger partial charge in [0.1, 0.15) is 0 Å². The molecule has 30 heavy (non-hydrogen) atoms. The molecule has 0 amide bonds. The molecule has 0 saturated heterocycles. The molecule has 1 aromatic heterocycles. The summed E-state index contributed by atoms with van der Waals surface area (Å²) in [6, 6.07) is 21.6. The van der Waals surface area contributed by atoms with Gasteiger partial charge in [0.2, 0.25) is 26.6 Å². The van der Waals surface area contributed by atoms with Gasteiger partial charge in [-0.25, -0.2) is 8.42 Å². The molecule has 0 saturated carbocycles. The zero-order chi connectivity index (χ0) is 21.3. The molecule has 5 nitrogen and oxygen atoms in total. The first-order valence-corrected chi connectivity index (χ1v) is 11.5. The van der Waals surface area contributed by atoms with Gasteiger partial charge in [-0.2, -0.15) is 4.98 Å². The first-order chi connectivity index (χ1) is 14.3. The lowest BCUT2D eigenvalue weighted by Gasteiger charge is -2.06. The Hall–Kier alpha value is -2.90. The van der Waals surface area contributed by atoms with Gasteiger partial charge in [0.05, 0.1) is 4.90 Å². The molecule has 4 rings (SSSR count). The summed E-state index contributed by atoms with van der Waals surface area (Å²) in [7, 11) is -3.90. The summed E-state index contributed by atoms with van der Waals surface area (Å²) in [5.41, 5.74) is 3.59. The van der Waals surface area contributed by atoms with Crippen LogP contribution in [-0.4, -0.2) is 13.4 Å². The van der Waals surface area contributed by atoms with Gasteiger partial charge in [-0.05, 0) is 62.4 Å². The molecule has 4 aromatic rings. The lowest BCUT2D eigenvalue weighted by atomic mass is 10.1. The van der Waals surface area contributed by atoms with E-state index in [4.69, 9.17) is 4.42 Å². The maximum Gasteiger partial charge on any atom is 0.238 e. The average Bonchev–Trinajstić information content (AvgIpc) is 3.15. The topological polar surface area (TPSA) is 72.2 Å². The van der Waals surface area contributed by atoms with Crippen molar-refractivity contribution in [3.8, 4) is 11.5 Å². The Bertz CT molecular complexity index is 1280. The molecule has 0 fully saturated rings. The molecule has 0 bridgehead atoms. The van der Waals surface area contributed by atoms with Crippen LogP contribution in [0.3, 0.4) is 0 Å². The minimum Gasteiger partial charge on any atom is -0.419 e. The molecule has 0 atom stereocenters. The Balaban J connectivity index is 1.83. The summed E-state index contributed by atoms with van der Waals surface area (Å²) in [6.07, 6.45) is 0. The van der Waals surface area contributed by atoms with Crippen molar-refractivity contribution < 1.29 is 12.8 Å². The van der Waals surface area contributed by atoms with E-state index in [-0.39, 0.29) is 21.7 Å². The van der Waals surface area contributed by atoms with E-state index in [1.165, 1.54) is 12.1 Å². The predicted octanol–water partition coefficient (Wildman–Crippen LogP) is 6.30. The van der Waals surface area contributed by atoms with E-state index in [2.05, 4.69) is 26.2 Å². The zero-order valence-electron chi connectivity index (χ0n) is 16.4. The summed E-state index contributed by atoms with van der Waals surface area (Å²) in [5.74, 6) is 0.317. The van der Waals surface area contributed by atoms with Gasteiger partial charge in [0.25, 0.3) is 0 Å². The number of halogens is 1. The molecule has 0 aliphatic carbocycles. The van der Waals surface area contributed by atoms with E-state index in [1.54, 1.807) is 12.1 Å². The first kappa shape index (κ1) is 20.4. The first-order valence-electron chi connectivity index (χ1n) is 9.25. The molecule has 1 N–H and O–H groups in total.